The summed E-state index contributed by atoms with van der Waals surface area (Å²) in [5, 5.41) is 6.00. The molecular formula is C28H27ClN4O3. The molecule has 0 bridgehead atoms. The molecule has 8 heteroatoms. The Morgan fingerprint density at radius 3 is 2.42 bits per heavy atom. The van der Waals surface area contributed by atoms with Gasteiger partial charge in [0.1, 0.15) is 6.04 Å². The summed E-state index contributed by atoms with van der Waals surface area (Å²) in [6.07, 6.45) is -0.514. The third-order valence-electron chi connectivity index (χ3n) is 6.02. The molecule has 36 heavy (non-hydrogen) atoms. The zero-order valence-electron chi connectivity index (χ0n) is 20.1. The molecule has 0 unspecified atom stereocenters. The lowest BCUT2D eigenvalue weighted by Crippen LogP contribution is -2.52. The van der Waals surface area contributed by atoms with Crippen molar-refractivity contribution in [3.8, 4) is 0 Å². The predicted molar refractivity (Wildman–Crippen MR) is 141 cm³/mol. The number of halogens is 1. The van der Waals surface area contributed by atoms with Gasteiger partial charge >= 0.3 is 0 Å². The predicted octanol–water partition coefficient (Wildman–Crippen LogP) is 3.73. The average Bonchev–Trinajstić information content (AvgIpc) is 2.99. The molecule has 1 heterocycles. The third kappa shape index (κ3) is 5.63. The summed E-state index contributed by atoms with van der Waals surface area (Å²) in [6, 6.07) is 23.4. The maximum Gasteiger partial charge on any atom is 0.272 e. The first-order chi connectivity index (χ1) is 17.3. The highest BCUT2D eigenvalue weighted by molar-refractivity contribution is 6.31. The van der Waals surface area contributed by atoms with Crippen LogP contribution in [-0.4, -0.2) is 42.7 Å². The quantitative estimate of drug-likeness (QED) is 0.515. The van der Waals surface area contributed by atoms with Gasteiger partial charge in [0, 0.05) is 29.6 Å². The van der Waals surface area contributed by atoms with Gasteiger partial charge in [-0.2, -0.15) is 0 Å². The Balaban J connectivity index is 1.49. The smallest absolute Gasteiger partial charge is 0.272 e. The number of carbonyl (C=O) groups excluding carboxylic acids is 3. The Bertz CT molecular complexity index is 1310. The minimum absolute atomic E-state index is 0.179. The Labute approximate surface area is 215 Å². The van der Waals surface area contributed by atoms with E-state index in [0.717, 1.165) is 16.7 Å². The van der Waals surface area contributed by atoms with E-state index in [1.54, 1.807) is 20.0 Å². The molecule has 0 radical (unpaired) electrons. The molecule has 7 nitrogen and oxygen atoms in total. The van der Waals surface area contributed by atoms with E-state index in [0.29, 0.717) is 22.8 Å². The molecule has 0 saturated heterocycles. The molecule has 0 fully saturated rings. The molecule has 184 valence electrons. The second-order valence-electron chi connectivity index (χ2n) is 8.55. The molecule has 1 aliphatic rings. The SMILES string of the molecule is C[C@H](NC(=O)CCc1ccccc1Cl)C(=O)N[C@H]1N=C(c2ccccc2)c2ccccc2N(C)C1=O. The van der Waals surface area contributed by atoms with Crippen LogP contribution in [0.15, 0.2) is 83.9 Å². The summed E-state index contributed by atoms with van der Waals surface area (Å²) in [4.78, 5) is 44.8. The highest BCUT2D eigenvalue weighted by atomic mass is 35.5. The largest absolute Gasteiger partial charge is 0.345 e. The minimum atomic E-state index is -1.15. The maximum atomic E-state index is 13.3. The van der Waals surface area contributed by atoms with Crippen LogP contribution in [0.1, 0.15) is 30.0 Å². The van der Waals surface area contributed by atoms with E-state index < -0.39 is 18.1 Å². The number of aliphatic imine (C=N–C) groups is 1. The topological polar surface area (TPSA) is 90.9 Å². The van der Waals surface area contributed by atoms with Crippen LogP contribution >= 0.6 is 11.6 Å². The van der Waals surface area contributed by atoms with Crippen molar-refractivity contribution in [1.29, 1.82) is 0 Å². The number of hydrogen-bond acceptors (Lipinski definition) is 4. The molecule has 0 spiro atoms. The van der Waals surface area contributed by atoms with Gasteiger partial charge in [0.2, 0.25) is 18.0 Å². The van der Waals surface area contributed by atoms with Gasteiger partial charge in [-0.25, -0.2) is 4.99 Å². The zero-order chi connectivity index (χ0) is 25.7. The molecular weight excluding hydrogens is 476 g/mol. The number of hydrogen-bond donors (Lipinski definition) is 2. The highest BCUT2D eigenvalue weighted by Crippen LogP contribution is 2.27. The van der Waals surface area contributed by atoms with Crippen molar-refractivity contribution in [3.05, 3.63) is 101 Å². The van der Waals surface area contributed by atoms with E-state index in [4.69, 9.17) is 11.6 Å². The number of benzodiazepines with no additional fused rings is 1. The van der Waals surface area contributed by atoms with Crippen molar-refractivity contribution in [2.24, 2.45) is 4.99 Å². The van der Waals surface area contributed by atoms with E-state index in [9.17, 15) is 14.4 Å². The molecule has 1 aliphatic heterocycles. The van der Waals surface area contributed by atoms with E-state index in [-0.39, 0.29) is 18.2 Å². The number of para-hydroxylation sites is 1. The molecule has 3 aromatic carbocycles. The number of amides is 3. The first-order valence-electron chi connectivity index (χ1n) is 11.7. The fourth-order valence-electron chi connectivity index (χ4n) is 4.03. The number of aryl methyl sites for hydroxylation is 1. The van der Waals surface area contributed by atoms with Crippen molar-refractivity contribution >= 4 is 40.7 Å². The lowest BCUT2D eigenvalue weighted by atomic mass is 10.0. The first kappa shape index (κ1) is 25.1. The number of rotatable bonds is 7. The Kier molecular flexibility index (Phi) is 7.80. The number of carbonyl (C=O) groups is 3. The summed E-state index contributed by atoms with van der Waals surface area (Å²) in [5.74, 6) is -1.17. The third-order valence-corrected chi connectivity index (χ3v) is 6.39. The standard InChI is InChI=1S/C28H27ClN4O3/c1-18(30-24(34)17-16-19-10-6-8-14-22(19)29)27(35)32-26-28(36)33(2)23-15-9-7-13-21(23)25(31-26)20-11-4-3-5-12-20/h3-15,18,26H,16-17H2,1-2H3,(H,30,34)(H,32,35)/t18-,26+/m0/s1. The van der Waals surface area contributed by atoms with Crippen LogP contribution in [-0.2, 0) is 20.8 Å². The lowest BCUT2D eigenvalue weighted by Gasteiger charge is -2.22. The molecule has 0 saturated carbocycles. The Hall–Kier alpha value is -3.97. The first-order valence-corrected chi connectivity index (χ1v) is 12.1. The second-order valence-corrected chi connectivity index (χ2v) is 8.96. The highest BCUT2D eigenvalue weighted by Gasteiger charge is 2.32. The number of benzene rings is 3. The zero-order valence-corrected chi connectivity index (χ0v) is 20.8. The molecule has 3 aromatic rings. The normalized spacial score (nSPS) is 15.9. The van der Waals surface area contributed by atoms with Crippen LogP contribution < -0.4 is 15.5 Å². The molecule has 0 aliphatic carbocycles. The van der Waals surface area contributed by atoms with E-state index in [2.05, 4.69) is 15.6 Å². The van der Waals surface area contributed by atoms with E-state index >= 15 is 0 Å². The summed E-state index contributed by atoms with van der Waals surface area (Å²) >= 11 is 6.16. The van der Waals surface area contributed by atoms with Crippen molar-refractivity contribution in [2.75, 3.05) is 11.9 Å². The fourth-order valence-corrected chi connectivity index (χ4v) is 4.26. The summed E-state index contributed by atoms with van der Waals surface area (Å²) in [7, 11) is 1.66. The van der Waals surface area contributed by atoms with Crippen LogP contribution in [0.25, 0.3) is 0 Å². The van der Waals surface area contributed by atoms with Crippen molar-refractivity contribution in [3.63, 3.8) is 0 Å². The van der Waals surface area contributed by atoms with E-state index in [1.807, 2.05) is 72.8 Å². The average molecular weight is 503 g/mol. The van der Waals surface area contributed by atoms with Crippen LogP contribution in [0.4, 0.5) is 5.69 Å². The van der Waals surface area contributed by atoms with Crippen LogP contribution in [0.5, 0.6) is 0 Å². The fraction of sp³-hybridized carbons (Fsp3) is 0.214. The second kappa shape index (κ2) is 11.2. The van der Waals surface area contributed by atoms with Gasteiger partial charge in [0.15, 0.2) is 0 Å². The summed E-state index contributed by atoms with van der Waals surface area (Å²) < 4.78 is 0. The lowest BCUT2D eigenvalue weighted by molar-refractivity contribution is -0.130. The van der Waals surface area contributed by atoms with Crippen molar-refractivity contribution < 1.29 is 14.4 Å². The molecule has 3 amide bonds. The van der Waals surface area contributed by atoms with Crippen molar-refractivity contribution in [2.45, 2.75) is 32.0 Å². The van der Waals surface area contributed by atoms with Crippen molar-refractivity contribution in [1.82, 2.24) is 10.6 Å². The van der Waals surface area contributed by atoms with E-state index in [1.165, 1.54) is 4.90 Å². The van der Waals surface area contributed by atoms with Gasteiger partial charge < -0.3 is 15.5 Å². The van der Waals surface area contributed by atoms with Gasteiger partial charge in [-0.15, -0.1) is 0 Å². The number of likely N-dealkylation sites (N-methyl/N-ethyl adjacent to an activating group) is 1. The summed E-state index contributed by atoms with van der Waals surface area (Å²) in [6.45, 7) is 1.57. The molecule has 0 aromatic heterocycles. The monoisotopic (exact) mass is 502 g/mol. The van der Waals surface area contributed by atoms with Gasteiger partial charge in [-0.05, 0) is 31.0 Å². The minimum Gasteiger partial charge on any atom is -0.345 e. The van der Waals surface area contributed by atoms with Gasteiger partial charge in [-0.3, -0.25) is 14.4 Å². The number of nitrogens with zero attached hydrogens (tertiary/aromatic N) is 2. The van der Waals surface area contributed by atoms with Crippen LogP contribution in [0.3, 0.4) is 0 Å². The van der Waals surface area contributed by atoms with Crippen LogP contribution in [0, 0.1) is 0 Å². The van der Waals surface area contributed by atoms with Gasteiger partial charge in [0.25, 0.3) is 5.91 Å². The van der Waals surface area contributed by atoms with Gasteiger partial charge in [0.05, 0.1) is 11.4 Å². The maximum absolute atomic E-state index is 13.3. The number of fused-ring (bicyclic) bond motifs is 1. The molecule has 2 atom stereocenters. The molecule has 2 N–H and O–H groups in total. The summed E-state index contributed by atoms with van der Waals surface area (Å²) in [5.41, 5.74) is 3.78. The Morgan fingerprint density at radius 1 is 1.00 bits per heavy atom. The number of nitrogens with one attached hydrogen (secondary N) is 2. The van der Waals surface area contributed by atoms with Crippen LogP contribution in [0.2, 0.25) is 5.02 Å². The Morgan fingerprint density at radius 2 is 1.67 bits per heavy atom. The van der Waals surface area contributed by atoms with Gasteiger partial charge in [-0.1, -0.05) is 78.3 Å². The molecule has 4 rings (SSSR count). The number of anilines is 1.